The first kappa shape index (κ1) is 25.0. The van der Waals surface area contributed by atoms with Gasteiger partial charge in [0.05, 0.1) is 10.6 Å². The molecule has 0 amide bonds. The Bertz CT molecular complexity index is 516. The standard InChI is InChI=1S/C12H18N5O4P.2Y/c18-17(19)11-7-10(15-12(8-11)22(20)21)9-16-5-3-13-1-2-14-4-6-16;;/h7-8,20-21H,1-6,9H2;;/q-2;;. The molecule has 1 aromatic rings. The van der Waals surface area contributed by atoms with Gasteiger partial charge in [0.25, 0.3) is 5.69 Å². The number of pyridine rings is 1. The Labute approximate surface area is 192 Å². The quantitative estimate of drug-likeness (QED) is 0.348. The van der Waals surface area contributed by atoms with Crippen molar-refractivity contribution >= 4 is 19.5 Å². The molecular weight excluding hydrogens is 487 g/mol. The molecule has 0 spiro atoms. The van der Waals surface area contributed by atoms with E-state index in [1.165, 1.54) is 6.07 Å². The van der Waals surface area contributed by atoms with E-state index in [2.05, 4.69) is 20.5 Å². The Kier molecular flexibility index (Phi) is 13.7. The van der Waals surface area contributed by atoms with Gasteiger partial charge in [0.2, 0.25) is 8.38 Å². The summed E-state index contributed by atoms with van der Waals surface area (Å²) in [5.41, 5.74) is 0.200. The van der Waals surface area contributed by atoms with E-state index in [-0.39, 0.29) is 76.5 Å². The number of nitro groups is 1. The molecule has 1 saturated heterocycles. The predicted molar refractivity (Wildman–Crippen MR) is 83.3 cm³/mol. The third-order valence-corrected chi connectivity index (χ3v) is 3.85. The Morgan fingerprint density at radius 3 is 2.25 bits per heavy atom. The van der Waals surface area contributed by atoms with Crippen LogP contribution in [0.1, 0.15) is 5.69 Å². The van der Waals surface area contributed by atoms with Gasteiger partial charge in [-0.3, -0.25) is 10.1 Å². The molecule has 2 heterocycles. The van der Waals surface area contributed by atoms with Crippen LogP contribution >= 0.6 is 8.38 Å². The fourth-order valence-corrected chi connectivity index (χ4v) is 2.60. The molecule has 2 N–H and O–H groups in total. The fraction of sp³-hybridized carbons (Fsp3) is 0.583. The van der Waals surface area contributed by atoms with Crippen LogP contribution in [0.4, 0.5) is 5.69 Å². The molecule has 1 fully saturated rings. The zero-order valence-electron chi connectivity index (χ0n) is 13.2. The third kappa shape index (κ3) is 8.58. The van der Waals surface area contributed by atoms with Gasteiger partial charge in [-0.2, -0.15) is 13.1 Å². The van der Waals surface area contributed by atoms with Crippen molar-refractivity contribution in [1.82, 2.24) is 9.88 Å². The summed E-state index contributed by atoms with van der Waals surface area (Å²) in [4.78, 5) is 35.1. The molecule has 0 atom stereocenters. The van der Waals surface area contributed by atoms with Gasteiger partial charge in [-0.05, 0) is 13.1 Å². The molecule has 0 unspecified atom stereocenters. The normalized spacial score (nSPS) is 16.3. The van der Waals surface area contributed by atoms with E-state index >= 15 is 0 Å². The smallest absolute Gasteiger partial charge is 0.273 e. The van der Waals surface area contributed by atoms with Crippen molar-refractivity contribution in [3.8, 4) is 0 Å². The zero-order chi connectivity index (χ0) is 15.9. The second-order valence-electron chi connectivity index (χ2n) is 4.84. The number of rotatable bonds is 4. The van der Waals surface area contributed by atoms with Crippen LogP contribution in [0, 0.1) is 10.1 Å². The fourth-order valence-electron chi connectivity index (χ4n) is 2.13. The van der Waals surface area contributed by atoms with E-state index in [0.717, 1.165) is 32.2 Å². The Morgan fingerprint density at radius 2 is 1.75 bits per heavy atom. The van der Waals surface area contributed by atoms with Crippen molar-refractivity contribution in [3.05, 3.63) is 38.6 Å². The minimum absolute atomic E-state index is 0. The molecule has 9 nitrogen and oxygen atoms in total. The van der Waals surface area contributed by atoms with Crippen LogP contribution in [-0.2, 0) is 72.0 Å². The summed E-state index contributed by atoms with van der Waals surface area (Å²) in [5, 5.41) is 19.6. The molecule has 0 aromatic carbocycles. The van der Waals surface area contributed by atoms with Gasteiger partial charge in [0, 0.05) is 84.1 Å². The van der Waals surface area contributed by atoms with Gasteiger partial charge in [0.1, 0.15) is 5.44 Å². The van der Waals surface area contributed by atoms with Gasteiger partial charge in [0.15, 0.2) is 0 Å². The van der Waals surface area contributed by atoms with Gasteiger partial charge in [-0.15, -0.1) is 13.1 Å². The predicted octanol–water partition coefficient (Wildman–Crippen LogP) is 0.470. The van der Waals surface area contributed by atoms with Gasteiger partial charge >= 0.3 is 0 Å². The molecule has 0 aliphatic carbocycles. The number of hydrogen-bond donors (Lipinski definition) is 2. The average Bonchev–Trinajstić information content (AvgIpc) is 2.61. The number of nitrogens with zero attached hydrogens (tertiary/aromatic N) is 5. The van der Waals surface area contributed by atoms with E-state index in [9.17, 15) is 19.9 Å². The monoisotopic (exact) mass is 505 g/mol. The molecule has 128 valence electrons. The summed E-state index contributed by atoms with van der Waals surface area (Å²) in [6.07, 6.45) is 0. The SMILES string of the molecule is O=[N+]([O-])c1cc(CN2CC[N-]CC[N-]CC2)nc(P(O)O)c1.[Y].[Y]. The summed E-state index contributed by atoms with van der Waals surface area (Å²) in [6, 6.07) is 2.46. The minimum Gasteiger partial charge on any atom is -0.663 e. The molecule has 24 heavy (non-hydrogen) atoms. The third-order valence-electron chi connectivity index (χ3n) is 3.22. The molecule has 2 radical (unpaired) electrons. The first-order valence-corrected chi connectivity index (χ1v) is 8.13. The maximum atomic E-state index is 10.9. The maximum Gasteiger partial charge on any atom is 0.273 e. The van der Waals surface area contributed by atoms with Crippen molar-refractivity contribution in [2.75, 3.05) is 39.3 Å². The van der Waals surface area contributed by atoms with Crippen LogP contribution in [0.3, 0.4) is 0 Å². The average molecular weight is 505 g/mol. The van der Waals surface area contributed by atoms with E-state index < -0.39 is 13.3 Å². The molecule has 1 aromatic heterocycles. The van der Waals surface area contributed by atoms with Crippen molar-refractivity contribution in [2.45, 2.75) is 6.54 Å². The Balaban J connectivity index is 0.00000264. The van der Waals surface area contributed by atoms with Gasteiger partial charge in [-0.25, -0.2) is 4.98 Å². The van der Waals surface area contributed by atoms with E-state index in [1.54, 1.807) is 0 Å². The van der Waals surface area contributed by atoms with Crippen LogP contribution in [-0.4, -0.2) is 63.9 Å². The number of hydrogen-bond acceptors (Lipinski definition) is 6. The van der Waals surface area contributed by atoms with E-state index in [0.29, 0.717) is 25.3 Å². The van der Waals surface area contributed by atoms with Crippen molar-refractivity contribution in [2.24, 2.45) is 0 Å². The van der Waals surface area contributed by atoms with Crippen LogP contribution in [0.25, 0.3) is 10.6 Å². The first-order chi connectivity index (χ1) is 10.6. The second kappa shape index (κ2) is 13.2. The summed E-state index contributed by atoms with van der Waals surface area (Å²) in [6.45, 7) is 4.67. The van der Waals surface area contributed by atoms with Crippen LogP contribution in [0.2, 0.25) is 0 Å². The van der Waals surface area contributed by atoms with Gasteiger partial charge < -0.3 is 25.3 Å². The molecule has 1 aliphatic heterocycles. The molecule has 0 saturated carbocycles. The molecule has 12 heteroatoms. The largest absolute Gasteiger partial charge is 0.663 e. The van der Waals surface area contributed by atoms with Crippen molar-refractivity contribution in [3.63, 3.8) is 0 Å². The van der Waals surface area contributed by atoms with E-state index in [4.69, 9.17) is 0 Å². The van der Waals surface area contributed by atoms with Crippen LogP contribution < -0.4 is 5.44 Å². The maximum absolute atomic E-state index is 10.9. The topological polar surface area (TPSA) is 128 Å². The van der Waals surface area contributed by atoms with Crippen LogP contribution in [0.15, 0.2) is 12.1 Å². The van der Waals surface area contributed by atoms with Crippen molar-refractivity contribution < 1.29 is 80.1 Å². The van der Waals surface area contributed by atoms with Gasteiger partial charge in [-0.1, -0.05) is 0 Å². The number of aromatic nitrogens is 1. The molecule has 2 rings (SSSR count). The Morgan fingerprint density at radius 1 is 1.17 bits per heavy atom. The minimum atomic E-state index is -2.46. The summed E-state index contributed by atoms with van der Waals surface area (Å²) >= 11 is 0. The summed E-state index contributed by atoms with van der Waals surface area (Å²) < 4.78 is 0. The zero-order valence-corrected chi connectivity index (χ0v) is 19.7. The van der Waals surface area contributed by atoms with Crippen LogP contribution in [0.5, 0.6) is 0 Å². The van der Waals surface area contributed by atoms with E-state index in [1.807, 2.05) is 0 Å². The van der Waals surface area contributed by atoms with Crippen molar-refractivity contribution in [1.29, 1.82) is 0 Å². The summed E-state index contributed by atoms with van der Waals surface area (Å²) in [5.74, 6) is 0. The molecule has 1 aliphatic rings. The second-order valence-corrected chi connectivity index (χ2v) is 5.88. The summed E-state index contributed by atoms with van der Waals surface area (Å²) in [7, 11) is -2.46. The first-order valence-electron chi connectivity index (χ1n) is 6.88. The molecule has 0 bridgehead atoms. The Hall–Kier alpha value is 0.988. The molecular formula is C12H18N5O4PY2-2.